The molecule has 2 rings (SSSR count). The summed E-state index contributed by atoms with van der Waals surface area (Å²) in [4.78, 5) is 23.7. The van der Waals surface area contributed by atoms with Crippen molar-refractivity contribution in [3.05, 3.63) is 60.2 Å². The lowest BCUT2D eigenvalue weighted by Crippen LogP contribution is -2.33. The number of carbonyl (C=O) groups is 2. The Balaban J connectivity index is 1.99. The second-order valence-electron chi connectivity index (χ2n) is 6.63. The summed E-state index contributed by atoms with van der Waals surface area (Å²) in [7, 11) is 0. The summed E-state index contributed by atoms with van der Waals surface area (Å²) >= 11 is 0. The van der Waals surface area contributed by atoms with Gasteiger partial charge in [0.05, 0.1) is 11.7 Å². The smallest absolute Gasteiger partial charge is 0.258 e. The van der Waals surface area contributed by atoms with E-state index in [1.807, 2.05) is 30.3 Å². The van der Waals surface area contributed by atoms with Crippen molar-refractivity contribution in [1.82, 2.24) is 5.32 Å². The lowest BCUT2D eigenvalue weighted by atomic mass is 9.97. The summed E-state index contributed by atoms with van der Waals surface area (Å²) in [6.07, 6.45) is 0.845. The van der Waals surface area contributed by atoms with E-state index in [0.29, 0.717) is 17.4 Å². The van der Waals surface area contributed by atoms with Gasteiger partial charge in [-0.2, -0.15) is 0 Å². The van der Waals surface area contributed by atoms with E-state index in [0.717, 1.165) is 12.0 Å². The number of ether oxygens (including phenoxy) is 1. The van der Waals surface area contributed by atoms with Gasteiger partial charge in [0, 0.05) is 6.92 Å². The van der Waals surface area contributed by atoms with Crippen molar-refractivity contribution in [1.29, 1.82) is 0 Å². The average Bonchev–Trinajstić information content (AvgIpc) is 2.60. The molecule has 2 aromatic carbocycles. The maximum Gasteiger partial charge on any atom is 0.258 e. The normalized spacial score (nSPS) is 11.7. The van der Waals surface area contributed by atoms with Gasteiger partial charge in [-0.25, -0.2) is 0 Å². The van der Waals surface area contributed by atoms with E-state index in [2.05, 4.69) is 24.5 Å². The van der Waals surface area contributed by atoms with Crippen LogP contribution >= 0.6 is 0 Å². The molecule has 0 bridgehead atoms. The molecule has 2 aromatic rings. The van der Waals surface area contributed by atoms with Crippen molar-refractivity contribution < 1.29 is 14.3 Å². The van der Waals surface area contributed by atoms with Crippen LogP contribution in [-0.2, 0) is 9.59 Å². The molecule has 0 fully saturated rings. The number of amides is 2. The van der Waals surface area contributed by atoms with Gasteiger partial charge >= 0.3 is 0 Å². The second kappa shape index (κ2) is 9.61. The summed E-state index contributed by atoms with van der Waals surface area (Å²) in [6.45, 7) is 5.57. The largest absolute Gasteiger partial charge is 0.482 e. The first-order chi connectivity index (χ1) is 12.5. The fraction of sp³-hybridized carbons (Fsp3) is 0.333. The number of carbonyl (C=O) groups excluding carboxylic acids is 2. The molecule has 2 N–H and O–H groups in total. The van der Waals surface area contributed by atoms with E-state index >= 15 is 0 Å². The molecular formula is C21H26N2O3. The number of hydrogen-bond donors (Lipinski definition) is 2. The maximum absolute atomic E-state index is 12.4. The first-order valence-corrected chi connectivity index (χ1v) is 8.79. The van der Waals surface area contributed by atoms with Crippen LogP contribution < -0.4 is 15.4 Å². The van der Waals surface area contributed by atoms with E-state index in [-0.39, 0.29) is 24.5 Å². The summed E-state index contributed by atoms with van der Waals surface area (Å²) in [5.74, 6) is 0.531. The molecule has 26 heavy (non-hydrogen) atoms. The molecule has 5 nitrogen and oxygen atoms in total. The van der Waals surface area contributed by atoms with Gasteiger partial charge in [-0.05, 0) is 30.0 Å². The fourth-order valence-electron chi connectivity index (χ4n) is 2.70. The van der Waals surface area contributed by atoms with Crippen molar-refractivity contribution in [3.63, 3.8) is 0 Å². The number of rotatable bonds is 8. The maximum atomic E-state index is 12.4. The Kier molecular flexibility index (Phi) is 7.21. The molecule has 1 atom stereocenters. The SMILES string of the molecule is CC(=O)Nc1ccccc1OCC(=O)N[C@@H](CC(C)C)c1ccccc1. The van der Waals surface area contributed by atoms with Crippen molar-refractivity contribution in [2.45, 2.75) is 33.2 Å². The Morgan fingerprint density at radius 1 is 1.00 bits per heavy atom. The average molecular weight is 354 g/mol. The van der Waals surface area contributed by atoms with E-state index in [1.165, 1.54) is 6.92 Å². The van der Waals surface area contributed by atoms with Gasteiger partial charge < -0.3 is 15.4 Å². The molecule has 0 aliphatic heterocycles. The van der Waals surface area contributed by atoms with Gasteiger partial charge in [-0.15, -0.1) is 0 Å². The van der Waals surface area contributed by atoms with E-state index < -0.39 is 0 Å². The second-order valence-corrected chi connectivity index (χ2v) is 6.63. The minimum absolute atomic E-state index is 0.0575. The van der Waals surface area contributed by atoms with Gasteiger partial charge in [0.25, 0.3) is 5.91 Å². The Labute approximate surface area is 154 Å². The Bertz CT molecular complexity index is 729. The predicted molar refractivity (Wildman–Crippen MR) is 103 cm³/mol. The van der Waals surface area contributed by atoms with E-state index in [1.54, 1.807) is 24.3 Å². The van der Waals surface area contributed by atoms with Crippen LogP contribution in [0.15, 0.2) is 54.6 Å². The molecule has 0 saturated carbocycles. The molecule has 5 heteroatoms. The zero-order chi connectivity index (χ0) is 18.9. The Morgan fingerprint density at radius 2 is 1.65 bits per heavy atom. The molecular weight excluding hydrogens is 328 g/mol. The summed E-state index contributed by atoms with van der Waals surface area (Å²) in [5.41, 5.74) is 1.63. The molecule has 0 aromatic heterocycles. The first kappa shape index (κ1) is 19.5. The van der Waals surface area contributed by atoms with Crippen LogP contribution in [0.25, 0.3) is 0 Å². The van der Waals surface area contributed by atoms with Gasteiger partial charge in [-0.3, -0.25) is 9.59 Å². The third-order valence-electron chi connectivity index (χ3n) is 3.80. The first-order valence-electron chi connectivity index (χ1n) is 8.79. The van der Waals surface area contributed by atoms with Crippen LogP contribution in [0.2, 0.25) is 0 Å². The molecule has 0 saturated heterocycles. The zero-order valence-electron chi connectivity index (χ0n) is 15.5. The van der Waals surface area contributed by atoms with Crippen LogP contribution in [-0.4, -0.2) is 18.4 Å². The van der Waals surface area contributed by atoms with Crippen molar-refractivity contribution >= 4 is 17.5 Å². The number of anilines is 1. The standard InChI is InChI=1S/C21H26N2O3/c1-15(2)13-19(17-9-5-4-6-10-17)23-21(25)14-26-20-12-8-7-11-18(20)22-16(3)24/h4-12,15,19H,13-14H2,1-3H3,(H,22,24)(H,23,25)/t19-/m0/s1. The molecule has 0 spiro atoms. The van der Waals surface area contributed by atoms with Gasteiger partial charge in [0.15, 0.2) is 6.61 Å². The monoisotopic (exact) mass is 354 g/mol. The molecule has 0 unspecified atom stereocenters. The highest BCUT2D eigenvalue weighted by Crippen LogP contribution is 2.24. The number of benzene rings is 2. The highest BCUT2D eigenvalue weighted by atomic mass is 16.5. The van der Waals surface area contributed by atoms with Crippen molar-refractivity contribution in [3.8, 4) is 5.75 Å². The van der Waals surface area contributed by atoms with Crippen LogP contribution in [0.1, 0.15) is 38.8 Å². The summed E-state index contributed by atoms with van der Waals surface area (Å²) < 4.78 is 5.61. The molecule has 0 aliphatic rings. The fourth-order valence-corrected chi connectivity index (χ4v) is 2.70. The lowest BCUT2D eigenvalue weighted by Gasteiger charge is -2.21. The van der Waals surface area contributed by atoms with Gasteiger partial charge in [0.2, 0.25) is 5.91 Å². The number of nitrogens with one attached hydrogen (secondary N) is 2. The molecule has 138 valence electrons. The van der Waals surface area contributed by atoms with Crippen LogP contribution in [0.4, 0.5) is 5.69 Å². The molecule has 0 heterocycles. The third-order valence-corrected chi connectivity index (χ3v) is 3.80. The summed E-state index contributed by atoms with van der Waals surface area (Å²) in [5, 5.41) is 5.74. The highest BCUT2D eigenvalue weighted by molar-refractivity contribution is 5.90. The molecule has 0 radical (unpaired) electrons. The minimum Gasteiger partial charge on any atom is -0.482 e. The lowest BCUT2D eigenvalue weighted by molar-refractivity contribution is -0.124. The van der Waals surface area contributed by atoms with Gasteiger partial charge in [0.1, 0.15) is 5.75 Å². The predicted octanol–water partition coefficient (Wildman–Crippen LogP) is 3.93. The van der Waals surface area contributed by atoms with Crippen molar-refractivity contribution in [2.75, 3.05) is 11.9 Å². The van der Waals surface area contributed by atoms with Crippen LogP contribution in [0.5, 0.6) is 5.75 Å². The van der Waals surface area contributed by atoms with Crippen LogP contribution in [0.3, 0.4) is 0 Å². The topological polar surface area (TPSA) is 67.4 Å². The molecule has 0 aliphatic carbocycles. The quantitative estimate of drug-likeness (QED) is 0.755. The zero-order valence-corrected chi connectivity index (χ0v) is 15.5. The highest BCUT2D eigenvalue weighted by Gasteiger charge is 2.16. The summed E-state index contributed by atoms with van der Waals surface area (Å²) in [6, 6.07) is 16.9. The molecule has 2 amide bonds. The Morgan fingerprint density at radius 3 is 2.31 bits per heavy atom. The van der Waals surface area contributed by atoms with E-state index in [9.17, 15) is 9.59 Å². The van der Waals surface area contributed by atoms with E-state index in [4.69, 9.17) is 4.74 Å². The number of hydrogen-bond acceptors (Lipinski definition) is 3. The van der Waals surface area contributed by atoms with Gasteiger partial charge in [-0.1, -0.05) is 56.3 Å². The minimum atomic E-state index is -0.197. The van der Waals surface area contributed by atoms with Crippen molar-refractivity contribution in [2.24, 2.45) is 5.92 Å². The number of para-hydroxylation sites is 2. The third kappa shape index (κ3) is 6.24. The van der Waals surface area contributed by atoms with Crippen LogP contribution in [0, 0.1) is 5.92 Å². The Hall–Kier alpha value is -2.82.